The highest BCUT2D eigenvalue weighted by Gasteiger charge is 2.01. The van der Waals surface area contributed by atoms with Gasteiger partial charge in [0.15, 0.2) is 0 Å². The van der Waals surface area contributed by atoms with Crippen LogP contribution >= 0.6 is 0 Å². The van der Waals surface area contributed by atoms with Crippen molar-refractivity contribution in [2.75, 3.05) is 26.4 Å². The van der Waals surface area contributed by atoms with Crippen molar-refractivity contribution in [3.63, 3.8) is 0 Å². The van der Waals surface area contributed by atoms with Gasteiger partial charge < -0.3 is 14.6 Å². The first kappa shape index (κ1) is 15.7. The second-order valence-electron chi connectivity index (χ2n) is 4.42. The van der Waals surface area contributed by atoms with Crippen LogP contribution in [0.3, 0.4) is 0 Å². The Morgan fingerprint density at radius 2 is 2.11 bits per heavy atom. The summed E-state index contributed by atoms with van der Waals surface area (Å²) >= 11 is 0. The third-order valence-electron chi connectivity index (χ3n) is 2.81. The van der Waals surface area contributed by atoms with Gasteiger partial charge in [0.2, 0.25) is 0 Å². The number of benzene rings is 1. The molecule has 0 saturated carbocycles. The largest absolute Gasteiger partial charge is 0.491 e. The van der Waals surface area contributed by atoms with E-state index >= 15 is 0 Å². The summed E-state index contributed by atoms with van der Waals surface area (Å²) in [5, 5.41) is 8.58. The number of hydrogen-bond acceptors (Lipinski definition) is 3. The van der Waals surface area contributed by atoms with Crippen molar-refractivity contribution in [2.45, 2.75) is 26.2 Å². The molecule has 0 aliphatic carbocycles. The smallest absolute Gasteiger partial charge is 0.120 e. The van der Waals surface area contributed by atoms with Gasteiger partial charge in [0.1, 0.15) is 12.4 Å². The van der Waals surface area contributed by atoms with E-state index in [0.717, 1.165) is 23.3 Å². The molecule has 19 heavy (non-hydrogen) atoms. The van der Waals surface area contributed by atoms with E-state index in [1.54, 1.807) is 0 Å². The molecule has 0 atom stereocenters. The van der Waals surface area contributed by atoms with Gasteiger partial charge in [0.25, 0.3) is 0 Å². The molecular formula is C16H24O3. The minimum atomic E-state index is 0.0484. The Hall–Kier alpha value is -1.32. The number of rotatable bonds is 10. The first-order chi connectivity index (χ1) is 9.27. The molecule has 0 aliphatic heterocycles. The number of aliphatic hydroxyl groups excluding tert-OH is 1. The first-order valence-electron chi connectivity index (χ1n) is 6.87. The number of allylic oxidation sites excluding steroid dienone is 1. The Labute approximate surface area is 115 Å². The number of hydrogen-bond donors (Lipinski definition) is 1. The second-order valence-corrected chi connectivity index (χ2v) is 4.42. The Balaban J connectivity index is 2.41. The van der Waals surface area contributed by atoms with E-state index in [1.165, 1.54) is 12.8 Å². The van der Waals surface area contributed by atoms with Crippen LogP contribution in [0.15, 0.2) is 30.8 Å². The third kappa shape index (κ3) is 6.41. The van der Waals surface area contributed by atoms with Gasteiger partial charge in [-0.1, -0.05) is 32.1 Å². The maximum Gasteiger partial charge on any atom is 0.120 e. The maximum atomic E-state index is 8.58. The standard InChI is InChI=1S/C16H24O3/c1-3-4-6-14(2)15-7-5-8-16(13-15)19-12-11-18-10-9-17/h5,7-8,13,17H,2-4,6,9-12H2,1H3. The van der Waals surface area contributed by atoms with Crippen LogP contribution in [-0.4, -0.2) is 31.5 Å². The molecule has 0 amide bonds. The lowest BCUT2D eigenvalue weighted by Crippen LogP contribution is -2.09. The van der Waals surface area contributed by atoms with Crippen molar-refractivity contribution in [1.29, 1.82) is 0 Å². The average Bonchev–Trinajstić information content (AvgIpc) is 2.45. The van der Waals surface area contributed by atoms with Crippen LogP contribution in [0.4, 0.5) is 0 Å². The van der Waals surface area contributed by atoms with Gasteiger partial charge in [0.05, 0.1) is 19.8 Å². The fourth-order valence-corrected chi connectivity index (χ4v) is 1.73. The molecule has 1 aromatic carbocycles. The van der Waals surface area contributed by atoms with E-state index < -0.39 is 0 Å². The van der Waals surface area contributed by atoms with Crippen LogP contribution in [0.5, 0.6) is 5.75 Å². The summed E-state index contributed by atoms with van der Waals surface area (Å²) in [5.41, 5.74) is 2.30. The molecule has 106 valence electrons. The van der Waals surface area contributed by atoms with Gasteiger partial charge in [-0.05, 0) is 36.1 Å². The summed E-state index contributed by atoms with van der Waals surface area (Å²) in [6.45, 7) is 7.68. The predicted molar refractivity (Wildman–Crippen MR) is 78.4 cm³/mol. The number of ether oxygens (including phenoxy) is 2. The molecule has 1 N–H and O–H groups in total. The highest BCUT2D eigenvalue weighted by Crippen LogP contribution is 2.22. The van der Waals surface area contributed by atoms with Gasteiger partial charge in [-0.15, -0.1) is 0 Å². The normalized spacial score (nSPS) is 10.4. The number of unbranched alkanes of at least 4 members (excludes halogenated alkanes) is 1. The second kappa shape index (κ2) is 9.59. The fraction of sp³-hybridized carbons (Fsp3) is 0.500. The highest BCUT2D eigenvalue weighted by molar-refractivity contribution is 5.64. The summed E-state index contributed by atoms with van der Waals surface area (Å²) in [6.07, 6.45) is 3.37. The van der Waals surface area contributed by atoms with Crippen LogP contribution in [0.25, 0.3) is 5.57 Å². The van der Waals surface area contributed by atoms with Crippen LogP contribution in [0.2, 0.25) is 0 Å². The molecule has 0 bridgehead atoms. The van der Waals surface area contributed by atoms with Crippen LogP contribution in [0, 0.1) is 0 Å². The monoisotopic (exact) mass is 264 g/mol. The van der Waals surface area contributed by atoms with E-state index in [-0.39, 0.29) is 6.61 Å². The zero-order chi connectivity index (χ0) is 13.9. The van der Waals surface area contributed by atoms with Crippen molar-refractivity contribution in [3.8, 4) is 5.75 Å². The van der Waals surface area contributed by atoms with E-state index in [2.05, 4.69) is 19.6 Å². The van der Waals surface area contributed by atoms with Gasteiger partial charge in [-0.25, -0.2) is 0 Å². The maximum absolute atomic E-state index is 8.58. The summed E-state index contributed by atoms with van der Waals surface area (Å²) in [6, 6.07) is 8.00. The molecule has 0 fully saturated rings. The summed E-state index contributed by atoms with van der Waals surface area (Å²) in [5.74, 6) is 0.836. The lowest BCUT2D eigenvalue weighted by Gasteiger charge is -2.10. The molecule has 3 heteroatoms. The molecule has 0 radical (unpaired) electrons. The van der Waals surface area contributed by atoms with Crippen molar-refractivity contribution in [1.82, 2.24) is 0 Å². The molecule has 0 unspecified atom stereocenters. The topological polar surface area (TPSA) is 38.7 Å². The zero-order valence-corrected chi connectivity index (χ0v) is 11.7. The SMILES string of the molecule is C=C(CCCC)c1cccc(OCCOCCO)c1. The molecular weight excluding hydrogens is 240 g/mol. The van der Waals surface area contributed by atoms with Crippen molar-refractivity contribution < 1.29 is 14.6 Å². The van der Waals surface area contributed by atoms with E-state index in [1.807, 2.05) is 18.2 Å². The summed E-state index contributed by atoms with van der Waals surface area (Å²) in [4.78, 5) is 0. The zero-order valence-electron chi connectivity index (χ0n) is 11.7. The Bertz CT molecular complexity index is 374. The van der Waals surface area contributed by atoms with Crippen molar-refractivity contribution >= 4 is 5.57 Å². The lowest BCUT2D eigenvalue weighted by molar-refractivity contribution is 0.0705. The lowest BCUT2D eigenvalue weighted by atomic mass is 10.0. The fourth-order valence-electron chi connectivity index (χ4n) is 1.73. The quantitative estimate of drug-likeness (QED) is 0.659. The minimum absolute atomic E-state index is 0.0484. The first-order valence-corrected chi connectivity index (χ1v) is 6.87. The van der Waals surface area contributed by atoms with Gasteiger partial charge in [0, 0.05) is 0 Å². The molecule has 0 heterocycles. The van der Waals surface area contributed by atoms with Gasteiger partial charge in [-0.3, -0.25) is 0 Å². The van der Waals surface area contributed by atoms with Crippen LogP contribution in [-0.2, 0) is 4.74 Å². The molecule has 1 rings (SSSR count). The van der Waals surface area contributed by atoms with E-state index in [4.69, 9.17) is 14.6 Å². The van der Waals surface area contributed by atoms with Gasteiger partial charge in [-0.2, -0.15) is 0 Å². The summed E-state index contributed by atoms with van der Waals surface area (Å²) < 4.78 is 10.7. The molecule has 0 aromatic heterocycles. The molecule has 0 spiro atoms. The van der Waals surface area contributed by atoms with Gasteiger partial charge >= 0.3 is 0 Å². The Kier molecular flexibility index (Phi) is 7.94. The van der Waals surface area contributed by atoms with E-state index in [0.29, 0.717) is 19.8 Å². The summed E-state index contributed by atoms with van der Waals surface area (Å²) in [7, 11) is 0. The van der Waals surface area contributed by atoms with Crippen molar-refractivity contribution in [2.24, 2.45) is 0 Å². The number of aliphatic hydroxyl groups is 1. The van der Waals surface area contributed by atoms with Crippen LogP contribution in [0.1, 0.15) is 31.7 Å². The highest BCUT2D eigenvalue weighted by atomic mass is 16.5. The molecule has 0 saturated heterocycles. The molecule has 1 aromatic rings. The predicted octanol–water partition coefficient (Wildman–Crippen LogP) is 3.28. The molecule has 3 nitrogen and oxygen atoms in total. The Morgan fingerprint density at radius 3 is 2.84 bits per heavy atom. The van der Waals surface area contributed by atoms with Crippen molar-refractivity contribution in [3.05, 3.63) is 36.4 Å². The molecule has 0 aliphatic rings. The third-order valence-corrected chi connectivity index (χ3v) is 2.81. The average molecular weight is 264 g/mol. The minimum Gasteiger partial charge on any atom is -0.491 e. The van der Waals surface area contributed by atoms with E-state index in [9.17, 15) is 0 Å². The van der Waals surface area contributed by atoms with Crippen LogP contribution < -0.4 is 4.74 Å². The Morgan fingerprint density at radius 1 is 1.26 bits per heavy atom.